The molecule has 1 aliphatic rings. The number of nitrogens with zero attached hydrogens (tertiary/aromatic N) is 3. The van der Waals surface area contributed by atoms with Crippen LogP contribution >= 0.6 is 24.0 Å². The van der Waals surface area contributed by atoms with Crippen LogP contribution in [0.2, 0.25) is 0 Å². The molecule has 3 aromatic carbocycles. The Kier molecular flexibility index (Phi) is 6.88. The Balaban J connectivity index is 1.62. The van der Waals surface area contributed by atoms with Gasteiger partial charge in [0.05, 0.1) is 21.4 Å². The summed E-state index contributed by atoms with van der Waals surface area (Å²) in [6.45, 7) is 3.64. The minimum atomic E-state index is -4.84. The van der Waals surface area contributed by atoms with E-state index in [1.807, 2.05) is 6.92 Å². The molecule has 0 saturated carbocycles. The number of hydrogen-bond acceptors (Lipinski definition) is 7. The summed E-state index contributed by atoms with van der Waals surface area (Å²) in [5.41, 5.74) is 0.464. The average Bonchev–Trinajstić information content (AvgIpc) is 3.34. The summed E-state index contributed by atoms with van der Waals surface area (Å²) in [6, 6.07) is 10.2. The van der Waals surface area contributed by atoms with E-state index in [4.69, 9.17) is 12.2 Å². The molecule has 1 aliphatic heterocycles. The highest BCUT2D eigenvalue weighted by molar-refractivity contribution is 8.26. The van der Waals surface area contributed by atoms with Crippen molar-refractivity contribution in [1.82, 2.24) is 9.88 Å². The molecule has 0 atom stereocenters. The fourth-order valence-corrected chi connectivity index (χ4v) is 5.15. The lowest BCUT2D eigenvalue weighted by molar-refractivity contribution is -0.137. The van der Waals surface area contributed by atoms with E-state index in [0.717, 1.165) is 33.5 Å². The van der Waals surface area contributed by atoms with Crippen LogP contribution in [0.15, 0.2) is 63.7 Å². The predicted octanol–water partition coefficient (Wildman–Crippen LogP) is 7.72. The van der Waals surface area contributed by atoms with Gasteiger partial charge in [-0.25, -0.2) is 4.39 Å². The van der Waals surface area contributed by atoms with Crippen LogP contribution < -0.4 is 5.32 Å². The van der Waals surface area contributed by atoms with Crippen LogP contribution in [0.1, 0.15) is 22.3 Å². The number of halogens is 4. The van der Waals surface area contributed by atoms with Crippen molar-refractivity contribution in [1.29, 1.82) is 0 Å². The number of hydrogen-bond donors (Lipinski definition) is 3. The van der Waals surface area contributed by atoms with Gasteiger partial charge in [0.15, 0.2) is 5.69 Å². The molecule has 5 rings (SSSR count). The number of aryl methyl sites for hydroxylation is 2. The lowest BCUT2D eigenvalue weighted by Gasteiger charge is -2.11. The SMILES string of the molecule is Cc1ccc(-n2c(O)c(N=Nc3ccc(/C=C4\SC(=S)NC4=O)cc3O)c3c(F)cc(C(F)(F)F)cc32)cc1C. The highest BCUT2D eigenvalue weighted by Crippen LogP contribution is 2.45. The van der Waals surface area contributed by atoms with Crippen molar-refractivity contribution < 1.29 is 32.6 Å². The molecule has 3 N–H and O–H groups in total. The maximum absolute atomic E-state index is 15.2. The van der Waals surface area contributed by atoms with E-state index in [1.54, 1.807) is 25.1 Å². The lowest BCUT2D eigenvalue weighted by Crippen LogP contribution is -2.17. The highest BCUT2D eigenvalue weighted by atomic mass is 32.2. The fraction of sp³-hybridized carbons (Fsp3) is 0.111. The second-order valence-corrected chi connectivity index (χ2v) is 10.6. The van der Waals surface area contributed by atoms with Gasteiger partial charge in [0.1, 0.15) is 21.6 Å². The number of rotatable bonds is 4. The van der Waals surface area contributed by atoms with Gasteiger partial charge in [0, 0.05) is 5.69 Å². The number of phenols is 1. The van der Waals surface area contributed by atoms with Crippen molar-refractivity contribution in [3.63, 3.8) is 0 Å². The molecule has 0 bridgehead atoms. The van der Waals surface area contributed by atoms with Crippen molar-refractivity contribution in [2.24, 2.45) is 10.2 Å². The molecule has 0 unspecified atom stereocenters. The van der Waals surface area contributed by atoms with Gasteiger partial charge in [-0.3, -0.25) is 9.36 Å². The summed E-state index contributed by atoms with van der Waals surface area (Å²) in [6.07, 6.45) is -3.33. The average molecular weight is 587 g/mol. The fourth-order valence-electron chi connectivity index (χ4n) is 4.11. The molecule has 0 radical (unpaired) electrons. The van der Waals surface area contributed by atoms with Gasteiger partial charge in [-0.2, -0.15) is 13.2 Å². The number of azo groups is 1. The first-order valence-electron chi connectivity index (χ1n) is 11.5. The summed E-state index contributed by atoms with van der Waals surface area (Å²) in [5.74, 6) is -2.61. The van der Waals surface area contributed by atoms with Crippen molar-refractivity contribution in [3.05, 3.63) is 81.5 Å². The molecule has 1 amide bonds. The zero-order chi connectivity index (χ0) is 28.9. The number of alkyl halides is 3. The third-order valence-corrected chi connectivity index (χ3v) is 7.41. The molecule has 1 saturated heterocycles. The molecule has 1 aromatic heterocycles. The Morgan fingerprint density at radius 3 is 2.40 bits per heavy atom. The zero-order valence-corrected chi connectivity index (χ0v) is 22.3. The number of aromatic nitrogens is 1. The molecular weight excluding hydrogens is 568 g/mol. The first kappa shape index (κ1) is 27.3. The Bertz CT molecular complexity index is 1800. The first-order valence-corrected chi connectivity index (χ1v) is 12.8. The minimum absolute atomic E-state index is 0.0694. The number of amides is 1. The number of fused-ring (bicyclic) bond motifs is 1. The molecular formula is C27H18F4N4O3S2. The van der Waals surface area contributed by atoms with Crippen LogP contribution in [-0.4, -0.2) is 25.0 Å². The molecule has 40 heavy (non-hydrogen) atoms. The Hall–Kier alpha value is -4.23. The van der Waals surface area contributed by atoms with Crippen molar-refractivity contribution in [3.8, 4) is 17.3 Å². The number of carbonyl (C=O) groups is 1. The number of aromatic hydroxyl groups is 2. The van der Waals surface area contributed by atoms with E-state index in [9.17, 15) is 28.2 Å². The molecule has 2 heterocycles. The van der Waals surface area contributed by atoms with Gasteiger partial charge in [0.25, 0.3) is 5.91 Å². The number of phenolic OH excluding ortho intramolecular Hbond substituents is 1. The monoisotopic (exact) mass is 586 g/mol. The zero-order valence-electron chi connectivity index (χ0n) is 20.7. The van der Waals surface area contributed by atoms with E-state index in [2.05, 4.69) is 15.5 Å². The van der Waals surface area contributed by atoms with E-state index < -0.39 is 29.1 Å². The van der Waals surface area contributed by atoms with Gasteiger partial charge in [-0.05, 0) is 73.0 Å². The third kappa shape index (κ3) is 5.05. The topological polar surface area (TPSA) is 99.2 Å². The van der Waals surface area contributed by atoms with E-state index in [0.29, 0.717) is 26.5 Å². The minimum Gasteiger partial charge on any atom is -0.506 e. The van der Waals surface area contributed by atoms with Crippen molar-refractivity contribution >= 4 is 62.6 Å². The summed E-state index contributed by atoms with van der Waals surface area (Å²) >= 11 is 6.02. The van der Waals surface area contributed by atoms with Crippen LogP contribution in [-0.2, 0) is 11.0 Å². The smallest absolute Gasteiger partial charge is 0.416 e. The summed E-state index contributed by atoms with van der Waals surface area (Å²) in [4.78, 5) is 12.2. The summed E-state index contributed by atoms with van der Waals surface area (Å²) in [7, 11) is 0. The molecule has 1 fully saturated rings. The first-order chi connectivity index (χ1) is 18.8. The van der Waals surface area contributed by atoms with Gasteiger partial charge in [-0.15, -0.1) is 10.2 Å². The maximum Gasteiger partial charge on any atom is 0.416 e. The van der Waals surface area contributed by atoms with Gasteiger partial charge in [-0.1, -0.05) is 36.1 Å². The Labute approximate surface area is 233 Å². The normalized spacial score (nSPS) is 15.1. The highest BCUT2D eigenvalue weighted by Gasteiger charge is 2.34. The van der Waals surface area contributed by atoms with Crippen LogP contribution in [0.3, 0.4) is 0 Å². The van der Waals surface area contributed by atoms with E-state index in [1.165, 1.54) is 24.3 Å². The second-order valence-electron chi connectivity index (χ2n) is 8.93. The number of thioether (sulfide) groups is 1. The predicted molar refractivity (Wildman–Crippen MR) is 148 cm³/mol. The summed E-state index contributed by atoms with van der Waals surface area (Å²) < 4.78 is 57.1. The second kappa shape index (κ2) is 10.1. The van der Waals surface area contributed by atoms with Crippen LogP contribution in [0.25, 0.3) is 22.7 Å². The van der Waals surface area contributed by atoms with Crippen molar-refractivity contribution in [2.75, 3.05) is 0 Å². The van der Waals surface area contributed by atoms with Crippen molar-refractivity contribution in [2.45, 2.75) is 20.0 Å². The van der Waals surface area contributed by atoms with Gasteiger partial charge in [0.2, 0.25) is 5.88 Å². The third-order valence-electron chi connectivity index (χ3n) is 6.24. The van der Waals surface area contributed by atoms with Crippen LogP contribution in [0.4, 0.5) is 28.9 Å². The standard InChI is InChI=1S/C27H18F4N4O3S2/c1-12-3-5-16(7-13(12)2)35-19-11-15(27(29,30)31)10-17(28)22(19)23(25(35)38)34-33-18-6-4-14(8-20(18)36)9-21-24(37)32-26(39)40-21/h3-11,36,38H,1-2H3,(H,32,37,39)/b21-9-,34-33?. The number of benzene rings is 3. The molecule has 204 valence electrons. The maximum atomic E-state index is 15.2. The lowest BCUT2D eigenvalue weighted by atomic mass is 10.1. The van der Waals surface area contributed by atoms with Gasteiger partial charge < -0.3 is 15.5 Å². The molecule has 4 aromatic rings. The van der Waals surface area contributed by atoms with Crippen LogP contribution in [0.5, 0.6) is 11.6 Å². The Morgan fingerprint density at radius 1 is 1.02 bits per heavy atom. The molecule has 0 aliphatic carbocycles. The van der Waals surface area contributed by atoms with Crippen LogP contribution in [0, 0.1) is 19.7 Å². The molecule has 7 nitrogen and oxygen atoms in total. The quantitative estimate of drug-likeness (QED) is 0.0984. The Morgan fingerprint density at radius 2 is 1.77 bits per heavy atom. The number of nitrogens with one attached hydrogen (secondary N) is 1. The summed E-state index contributed by atoms with van der Waals surface area (Å²) in [5, 5.41) is 31.5. The number of thiocarbonyl (C=S) groups is 1. The largest absolute Gasteiger partial charge is 0.506 e. The number of carbonyl (C=O) groups excluding carboxylic acids is 1. The van der Waals surface area contributed by atoms with E-state index >= 15 is 4.39 Å². The van der Waals surface area contributed by atoms with Gasteiger partial charge >= 0.3 is 6.18 Å². The van der Waals surface area contributed by atoms with E-state index in [-0.39, 0.29) is 28.2 Å². The molecule has 0 spiro atoms. The molecule has 13 heteroatoms.